The molecule has 0 radical (unpaired) electrons. The van der Waals surface area contributed by atoms with E-state index in [1.54, 1.807) is 12.2 Å². The van der Waals surface area contributed by atoms with Gasteiger partial charge in [0.05, 0.1) is 13.0 Å². The first-order valence-corrected chi connectivity index (χ1v) is 12.3. The Labute approximate surface area is 205 Å². The summed E-state index contributed by atoms with van der Waals surface area (Å²) in [7, 11) is 1.35. The minimum Gasteiger partial charge on any atom is -0.469 e. The van der Waals surface area contributed by atoms with Gasteiger partial charge < -0.3 is 14.2 Å². The smallest absolute Gasteiger partial charge is 0.309 e. The number of allylic oxidation sites excluding steroid dienone is 4. The molecule has 190 valence electrons. The van der Waals surface area contributed by atoms with Gasteiger partial charge in [0.25, 0.3) is 0 Å². The lowest BCUT2D eigenvalue weighted by atomic mass is 9.44. The van der Waals surface area contributed by atoms with Crippen LogP contribution in [0.1, 0.15) is 59.8 Å². The largest absolute Gasteiger partial charge is 0.469 e. The van der Waals surface area contributed by atoms with Gasteiger partial charge in [-0.1, -0.05) is 25.5 Å². The van der Waals surface area contributed by atoms with E-state index in [0.29, 0.717) is 12.8 Å². The third-order valence-corrected chi connectivity index (χ3v) is 9.32. The van der Waals surface area contributed by atoms with Crippen molar-refractivity contribution in [3.8, 4) is 0 Å². The van der Waals surface area contributed by atoms with Gasteiger partial charge >= 0.3 is 17.9 Å². The normalized spacial score (nSPS) is 39.5. The average Bonchev–Trinajstić information content (AvgIpc) is 3.09. The van der Waals surface area contributed by atoms with Crippen LogP contribution in [-0.2, 0) is 38.2 Å². The second-order valence-corrected chi connectivity index (χ2v) is 10.9. The standard InChI is InChI=1S/C27H34O8/c1-15(28)34-14-22(31)27(35-16(2)29)11-9-21-19-7-6-17-12-18(30)8-10-25(17,3)23(19)20(24(32)33-5)13-26(21,27)4/h8,10,12,19-21,23H,6-7,9,11,13-14H2,1-5H3/t19-,20-,21-,23-,25+,26+,27+/m1/s1. The number of rotatable bonds is 5. The number of methoxy groups -OCH3 is 1. The Bertz CT molecular complexity index is 1040. The molecule has 8 heteroatoms. The lowest BCUT2D eigenvalue weighted by Gasteiger charge is -2.60. The molecule has 0 unspecified atom stereocenters. The fourth-order valence-electron chi connectivity index (χ4n) is 7.96. The summed E-state index contributed by atoms with van der Waals surface area (Å²) in [5, 5.41) is 0. The molecule has 4 rings (SSSR count). The molecule has 8 nitrogen and oxygen atoms in total. The quantitative estimate of drug-likeness (QED) is 0.430. The summed E-state index contributed by atoms with van der Waals surface area (Å²) in [4.78, 5) is 62.6. The lowest BCUT2D eigenvalue weighted by molar-refractivity contribution is -0.197. The van der Waals surface area contributed by atoms with E-state index in [9.17, 15) is 24.0 Å². The molecule has 35 heavy (non-hydrogen) atoms. The molecular formula is C27H34O8. The molecule has 0 aromatic carbocycles. The van der Waals surface area contributed by atoms with E-state index in [0.717, 1.165) is 18.4 Å². The van der Waals surface area contributed by atoms with Crippen molar-refractivity contribution in [2.24, 2.45) is 34.5 Å². The summed E-state index contributed by atoms with van der Waals surface area (Å²) in [6.45, 7) is 6.01. The van der Waals surface area contributed by atoms with Crippen LogP contribution < -0.4 is 0 Å². The maximum atomic E-state index is 13.6. The number of hydrogen-bond acceptors (Lipinski definition) is 8. The first-order chi connectivity index (χ1) is 16.4. The molecule has 7 atom stereocenters. The average molecular weight is 487 g/mol. The van der Waals surface area contributed by atoms with Crippen LogP contribution in [0.15, 0.2) is 23.8 Å². The highest BCUT2D eigenvalue weighted by molar-refractivity contribution is 6.01. The number of carbonyl (C=O) groups excluding carboxylic acids is 5. The predicted molar refractivity (Wildman–Crippen MR) is 124 cm³/mol. The van der Waals surface area contributed by atoms with Crippen LogP contribution in [0.3, 0.4) is 0 Å². The topological polar surface area (TPSA) is 113 Å². The highest BCUT2D eigenvalue weighted by atomic mass is 16.6. The molecule has 0 aliphatic heterocycles. The molecule has 0 spiro atoms. The molecule has 0 amide bonds. The Hall–Kier alpha value is -2.77. The number of Topliss-reactive ketones (excluding diaryl/α,β-unsaturated/α-hetero) is 1. The summed E-state index contributed by atoms with van der Waals surface area (Å²) < 4.78 is 16.1. The van der Waals surface area contributed by atoms with Crippen molar-refractivity contribution in [2.75, 3.05) is 13.7 Å². The predicted octanol–water partition coefficient (Wildman–Crippen LogP) is 3.13. The molecule has 0 N–H and O–H groups in total. The molecule has 3 fully saturated rings. The van der Waals surface area contributed by atoms with E-state index in [4.69, 9.17) is 14.2 Å². The first kappa shape index (κ1) is 25.3. The second-order valence-electron chi connectivity index (χ2n) is 10.9. The van der Waals surface area contributed by atoms with Gasteiger partial charge in [-0.25, -0.2) is 0 Å². The van der Waals surface area contributed by atoms with E-state index in [-0.39, 0.29) is 35.9 Å². The monoisotopic (exact) mass is 486 g/mol. The Kier molecular flexibility index (Phi) is 6.31. The highest BCUT2D eigenvalue weighted by Crippen LogP contribution is 2.69. The summed E-state index contributed by atoms with van der Waals surface area (Å²) in [5.74, 6) is -2.68. The van der Waals surface area contributed by atoms with Crippen molar-refractivity contribution in [3.05, 3.63) is 23.8 Å². The van der Waals surface area contributed by atoms with Gasteiger partial charge in [0.2, 0.25) is 5.78 Å². The van der Waals surface area contributed by atoms with Crippen LogP contribution >= 0.6 is 0 Å². The molecular weight excluding hydrogens is 452 g/mol. The van der Waals surface area contributed by atoms with E-state index in [2.05, 4.69) is 6.92 Å². The fraction of sp³-hybridized carbons (Fsp3) is 0.667. The Balaban J connectivity index is 1.81. The minimum absolute atomic E-state index is 0.00145. The Morgan fingerprint density at radius 2 is 1.80 bits per heavy atom. The number of fused-ring (bicyclic) bond motifs is 5. The van der Waals surface area contributed by atoms with Crippen LogP contribution in [0, 0.1) is 34.5 Å². The van der Waals surface area contributed by atoms with E-state index in [1.165, 1.54) is 21.0 Å². The summed E-state index contributed by atoms with van der Waals surface area (Å²) in [6, 6.07) is 0. The maximum absolute atomic E-state index is 13.6. The minimum atomic E-state index is -1.49. The zero-order valence-corrected chi connectivity index (χ0v) is 21.1. The SMILES string of the molecule is COC(=O)[C@@H]1C[C@@]2(C)[C@H](CC[C@]2(OC(C)=O)C(=O)COC(C)=O)[C@H]2CCC3=CC(=O)C=C[C@]3(C)[C@H]21. The number of esters is 3. The van der Waals surface area contributed by atoms with Gasteiger partial charge in [-0.2, -0.15) is 0 Å². The molecule has 4 aliphatic rings. The lowest BCUT2D eigenvalue weighted by Crippen LogP contribution is -2.62. The summed E-state index contributed by atoms with van der Waals surface area (Å²) in [6.07, 6.45) is 7.91. The van der Waals surface area contributed by atoms with E-state index >= 15 is 0 Å². The number of ether oxygens (including phenoxy) is 3. The number of carbonyl (C=O) groups is 5. The van der Waals surface area contributed by atoms with Gasteiger partial charge in [-0.3, -0.25) is 24.0 Å². The zero-order valence-electron chi connectivity index (χ0n) is 21.1. The summed E-state index contributed by atoms with van der Waals surface area (Å²) >= 11 is 0. The fourth-order valence-corrected chi connectivity index (χ4v) is 7.96. The highest BCUT2D eigenvalue weighted by Gasteiger charge is 2.71. The van der Waals surface area contributed by atoms with Gasteiger partial charge in [-0.15, -0.1) is 0 Å². The van der Waals surface area contributed by atoms with E-state index < -0.39 is 46.7 Å². The van der Waals surface area contributed by atoms with Crippen molar-refractivity contribution in [2.45, 2.75) is 65.4 Å². The van der Waals surface area contributed by atoms with Crippen molar-refractivity contribution >= 4 is 29.5 Å². The Morgan fingerprint density at radius 3 is 2.43 bits per heavy atom. The van der Waals surface area contributed by atoms with Gasteiger partial charge in [-0.05, 0) is 62.0 Å². The number of ketones is 2. The van der Waals surface area contributed by atoms with Gasteiger partial charge in [0, 0.05) is 24.7 Å². The third-order valence-electron chi connectivity index (χ3n) is 9.32. The number of hydrogen-bond donors (Lipinski definition) is 0. The van der Waals surface area contributed by atoms with Crippen LogP contribution in [0.5, 0.6) is 0 Å². The van der Waals surface area contributed by atoms with Gasteiger partial charge in [0.1, 0.15) is 0 Å². The van der Waals surface area contributed by atoms with Crippen molar-refractivity contribution < 1.29 is 38.2 Å². The van der Waals surface area contributed by atoms with Gasteiger partial charge in [0.15, 0.2) is 18.0 Å². The van der Waals surface area contributed by atoms with Crippen LogP contribution in [0.25, 0.3) is 0 Å². The van der Waals surface area contributed by atoms with E-state index in [1.807, 2.05) is 13.0 Å². The molecule has 0 aromatic heterocycles. The van der Waals surface area contributed by atoms with Crippen molar-refractivity contribution in [1.82, 2.24) is 0 Å². The van der Waals surface area contributed by atoms with Crippen molar-refractivity contribution in [3.63, 3.8) is 0 Å². The molecule has 4 aliphatic carbocycles. The first-order valence-electron chi connectivity index (χ1n) is 12.3. The Morgan fingerprint density at radius 1 is 1.09 bits per heavy atom. The van der Waals surface area contributed by atoms with Crippen LogP contribution in [-0.4, -0.2) is 48.8 Å². The molecule has 0 bridgehead atoms. The van der Waals surface area contributed by atoms with Crippen LogP contribution in [0.4, 0.5) is 0 Å². The third kappa shape index (κ3) is 3.76. The second kappa shape index (κ2) is 8.71. The molecule has 3 saturated carbocycles. The maximum Gasteiger partial charge on any atom is 0.309 e. The molecule has 0 heterocycles. The van der Waals surface area contributed by atoms with Crippen molar-refractivity contribution in [1.29, 1.82) is 0 Å². The van der Waals surface area contributed by atoms with Crippen LogP contribution in [0.2, 0.25) is 0 Å². The summed E-state index contributed by atoms with van der Waals surface area (Å²) in [5.41, 5.74) is -1.79. The molecule has 0 saturated heterocycles. The molecule has 0 aromatic rings. The zero-order chi connectivity index (χ0) is 25.8.